The van der Waals surface area contributed by atoms with E-state index in [9.17, 15) is 10.1 Å². The lowest BCUT2D eigenvalue weighted by Crippen LogP contribution is -2.23. The Morgan fingerprint density at radius 3 is 2.34 bits per heavy atom. The number of thioether (sulfide) groups is 1. The van der Waals surface area contributed by atoms with Crippen LogP contribution in [0.3, 0.4) is 0 Å². The second-order valence-corrected chi connectivity index (χ2v) is 9.34. The van der Waals surface area contributed by atoms with Gasteiger partial charge in [0, 0.05) is 16.8 Å². The van der Waals surface area contributed by atoms with Crippen molar-refractivity contribution in [3.05, 3.63) is 96.1 Å². The largest absolute Gasteiger partial charge is 0.497 e. The number of pyridine rings is 1. The minimum absolute atomic E-state index is 0.147. The number of carbonyl (C=O) groups is 1. The zero-order chi connectivity index (χ0) is 24.8. The Morgan fingerprint density at radius 1 is 1.00 bits per heavy atom. The van der Waals surface area contributed by atoms with Crippen LogP contribution in [-0.2, 0) is 4.79 Å². The van der Waals surface area contributed by atoms with Crippen molar-refractivity contribution in [3.8, 4) is 34.2 Å². The van der Waals surface area contributed by atoms with E-state index >= 15 is 0 Å². The molecule has 174 valence electrons. The summed E-state index contributed by atoms with van der Waals surface area (Å²) in [5, 5.41) is 13.2. The first-order valence-electron chi connectivity index (χ1n) is 11.2. The van der Waals surface area contributed by atoms with Crippen LogP contribution < -0.4 is 10.1 Å². The summed E-state index contributed by atoms with van der Waals surface area (Å²) in [6, 6.07) is 29.3. The van der Waals surface area contributed by atoms with Gasteiger partial charge in [0.1, 0.15) is 16.8 Å². The molecule has 1 aromatic heterocycles. The number of hydrogen-bond donors (Lipinski definition) is 1. The Morgan fingerprint density at radius 2 is 1.69 bits per heavy atom. The van der Waals surface area contributed by atoms with E-state index in [0.29, 0.717) is 10.6 Å². The number of anilines is 1. The highest BCUT2D eigenvalue weighted by molar-refractivity contribution is 8.00. The zero-order valence-electron chi connectivity index (χ0n) is 19.8. The minimum Gasteiger partial charge on any atom is -0.497 e. The van der Waals surface area contributed by atoms with E-state index in [0.717, 1.165) is 39.4 Å². The second kappa shape index (κ2) is 10.9. The molecule has 0 spiro atoms. The van der Waals surface area contributed by atoms with Crippen LogP contribution in [0.15, 0.2) is 90.0 Å². The maximum absolute atomic E-state index is 13.0. The van der Waals surface area contributed by atoms with Crippen LogP contribution in [0.1, 0.15) is 18.1 Å². The number of carbonyl (C=O) groups excluding carboxylic acids is 1. The van der Waals surface area contributed by atoms with Gasteiger partial charge in [-0.2, -0.15) is 5.26 Å². The number of methoxy groups -OCH3 is 1. The average molecular weight is 480 g/mol. The number of aryl methyl sites for hydroxylation is 1. The molecule has 4 rings (SSSR count). The molecule has 5 nitrogen and oxygen atoms in total. The van der Waals surface area contributed by atoms with Crippen molar-refractivity contribution >= 4 is 23.4 Å². The van der Waals surface area contributed by atoms with Gasteiger partial charge in [0.2, 0.25) is 5.91 Å². The van der Waals surface area contributed by atoms with Gasteiger partial charge in [0.15, 0.2) is 0 Å². The van der Waals surface area contributed by atoms with Crippen LogP contribution in [0.2, 0.25) is 0 Å². The van der Waals surface area contributed by atoms with Crippen molar-refractivity contribution in [3.63, 3.8) is 0 Å². The van der Waals surface area contributed by atoms with Crippen molar-refractivity contribution in [1.82, 2.24) is 4.98 Å². The fraction of sp³-hybridized carbons (Fsp3) is 0.138. The van der Waals surface area contributed by atoms with Crippen LogP contribution >= 0.6 is 11.8 Å². The molecule has 0 saturated heterocycles. The van der Waals surface area contributed by atoms with Gasteiger partial charge in [-0.1, -0.05) is 72.4 Å². The van der Waals surface area contributed by atoms with Gasteiger partial charge in [-0.25, -0.2) is 4.98 Å². The highest BCUT2D eigenvalue weighted by Gasteiger charge is 2.22. The minimum atomic E-state index is -0.469. The monoisotopic (exact) mass is 479 g/mol. The molecule has 0 saturated carbocycles. The van der Waals surface area contributed by atoms with E-state index in [4.69, 9.17) is 9.72 Å². The molecule has 0 bridgehead atoms. The van der Waals surface area contributed by atoms with E-state index in [1.165, 1.54) is 11.8 Å². The maximum atomic E-state index is 13.0. The molecule has 1 heterocycles. The number of hydrogen-bond acceptors (Lipinski definition) is 5. The quantitative estimate of drug-likeness (QED) is 0.298. The van der Waals surface area contributed by atoms with Crippen LogP contribution in [0.25, 0.3) is 22.4 Å². The summed E-state index contributed by atoms with van der Waals surface area (Å²) in [5.41, 5.74) is 5.52. The van der Waals surface area contributed by atoms with Crippen molar-refractivity contribution < 1.29 is 9.53 Å². The van der Waals surface area contributed by atoms with Gasteiger partial charge in [-0.05, 0) is 49.2 Å². The molecule has 0 aliphatic rings. The van der Waals surface area contributed by atoms with Crippen molar-refractivity contribution in [1.29, 1.82) is 5.26 Å². The number of nitrogens with zero attached hydrogens (tertiary/aromatic N) is 2. The van der Waals surface area contributed by atoms with Gasteiger partial charge in [-0.15, -0.1) is 0 Å². The standard InChI is InChI=1S/C29H25N3O2S/c1-19-9-7-8-12-26(19)31-28(33)20(2)35-29-25(18-30)24(21-13-15-23(34-3)16-14-21)17-27(32-29)22-10-5-4-6-11-22/h4-17,20H,1-3H3,(H,31,33)/t20-/m1/s1. The molecule has 35 heavy (non-hydrogen) atoms. The summed E-state index contributed by atoms with van der Waals surface area (Å²) in [4.78, 5) is 17.8. The van der Waals surface area contributed by atoms with E-state index in [1.54, 1.807) is 7.11 Å². The Hall–Kier alpha value is -4.08. The van der Waals surface area contributed by atoms with Crippen molar-refractivity contribution in [2.45, 2.75) is 24.1 Å². The molecule has 1 N–H and O–H groups in total. The summed E-state index contributed by atoms with van der Waals surface area (Å²) in [5.74, 6) is 0.590. The number of nitriles is 1. The molecular weight excluding hydrogens is 454 g/mol. The second-order valence-electron chi connectivity index (χ2n) is 8.01. The van der Waals surface area contributed by atoms with Gasteiger partial charge < -0.3 is 10.1 Å². The third-order valence-corrected chi connectivity index (χ3v) is 6.72. The predicted octanol–water partition coefficient (Wildman–Crippen LogP) is 6.72. The van der Waals surface area contributed by atoms with E-state index in [-0.39, 0.29) is 5.91 Å². The third kappa shape index (κ3) is 5.53. The number of amides is 1. The molecule has 0 radical (unpaired) electrons. The highest BCUT2D eigenvalue weighted by atomic mass is 32.2. The fourth-order valence-corrected chi connectivity index (χ4v) is 4.56. The summed E-state index contributed by atoms with van der Waals surface area (Å²) in [6.07, 6.45) is 0. The number of benzene rings is 3. The van der Waals surface area contributed by atoms with E-state index in [1.807, 2.05) is 98.8 Å². The lowest BCUT2D eigenvalue weighted by Gasteiger charge is -2.16. The van der Waals surface area contributed by atoms with Gasteiger partial charge in [0.05, 0.1) is 23.6 Å². The molecule has 0 unspecified atom stereocenters. The van der Waals surface area contributed by atoms with E-state index < -0.39 is 5.25 Å². The lowest BCUT2D eigenvalue weighted by atomic mass is 9.99. The molecule has 3 aromatic carbocycles. The Labute approximate surface area is 209 Å². The summed E-state index contributed by atoms with van der Waals surface area (Å²) in [6.45, 7) is 3.77. The number of ether oxygens (including phenoxy) is 1. The molecule has 1 amide bonds. The van der Waals surface area contributed by atoms with E-state index in [2.05, 4.69) is 11.4 Å². The normalized spacial score (nSPS) is 11.4. The van der Waals surface area contributed by atoms with Crippen molar-refractivity contribution in [2.24, 2.45) is 0 Å². The first-order valence-corrected chi connectivity index (χ1v) is 12.1. The molecule has 0 fully saturated rings. The first kappa shape index (κ1) is 24.1. The molecular formula is C29H25N3O2S. The fourth-order valence-electron chi connectivity index (χ4n) is 3.64. The SMILES string of the molecule is COc1ccc(-c2cc(-c3ccccc3)nc(S[C@H](C)C(=O)Nc3ccccc3C)c2C#N)cc1. The number of aromatic nitrogens is 1. The van der Waals surface area contributed by atoms with Crippen LogP contribution in [-0.4, -0.2) is 23.3 Å². The zero-order valence-corrected chi connectivity index (χ0v) is 20.6. The number of rotatable bonds is 7. The Bertz CT molecular complexity index is 1380. The molecule has 4 aromatic rings. The molecule has 0 aliphatic heterocycles. The number of para-hydroxylation sites is 1. The average Bonchev–Trinajstić information content (AvgIpc) is 2.90. The smallest absolute Gasteiger partial charge is 0.237 e. The van der Waals surface area contributed by atoms with Crippen LogP contribution in [0.4, 0.5) is 5.69 Å². The summed E-state index contributed by atoms with van der Waals surface area (Å²) >= 11 is 1.28. The van der Waals surface area contributed by atoms with Crippen LogP contribution in [0.5, 0.6) is 5.75 Å². The van der Waals surface area contributed by atoms with Gasteiger partial charge >= 0.3 is 0 Å². The Balaban J connectivity index is 1.74. The predicted molar refractivity (Wildman–Crippen MR) is 142 cm³/mol. The maximum Gasteiger partial charge on any atom is 0.237 e. The lowest BCUT2D eigenvalue weighted by molar-refractivity contribution is -0.115. The number of nitrogens with one attached hydrogen (secondary N) is 1. The topological polar surface area (TPSA) is 75.0 Å². The Kier molecular flexibility index (Phi) is 7.49. The molecule has 1 atom stereocenters. The van der Waals surface area contributed by atoms with Gasteiger partial charge in [0.25, 0.3) is 0 Å². The first-order chi connectivity index (χ1) is 17.0. The van der Waals surface area contributed by atoms with Crippen molar-refractivity contribution in [2.75, 3.05) is 12.4 Å². The van der Waals surface area contributed by atoms with Gasteiger partial charge in [-0.3, -0.25) is 4.79 Å². The van der Waals surface area contributed by atoms with Crippen LogP contribution in [0, 0.1) is 18.3 Å². The third-order valence-electron chi connectivity index (χ3n) is 5.63. The molecule has 0 aliphatic carbocycles. The molecule has 6 heteroatoms. The highest BCUT2D eigenvalue weighted by Crippen LogP contribution is 2.36. The summed E-state index contributed by atoms with van der Waals surface area (Å²) in [7, 11) is 1.62. The summed E-state index contributed by atoms with van der Waals surface area (Å²) < 4.78 is 5.29.